The van der Waals surface area contributed by atoms with Crippen molar-refractivity contribution in [3.63, 3.8) is 0 Å². The molecule has 7 unspecified atom stereocenters. The Morgan fingerprint density at radius 1 is 0.522 bits per heavy atom. The number of unbranched alkanes of at least 4 members (excludes halogenated alkanes) is 15. The predicted molar refractivity (Wildman–Crippen MR) is 281 cm³/mol. The molecule has 0 bridgehead atoms. The molecule has 9 heteroatoms. The van der Waals surface area contributed by atoms with Crippen LogP contribution in [0.2, 0.25) is 0 Å². The highest BCUT2D eigenvalue weighted by atomic mass is 16.7. The van der Waals surface area contributed by atoms with Crippen LogP contribution in [-0.4, -0.2) is 87.5 Å². The summed E-state index contributed by atoms with van der Waals surface area (Å²) >= 11 is 0. The molecule has 0 spiro atoms. The highest BCUT2D eigenvalue weighted by Gasteiger charge is 2.44. The number of ether oxygens (including phenoxy) is 2. The van der Waals surface area contributed by atoms with Crippen molar-refractivity contribution in [2.45, 2.75) is 236 Å². The van der Waals surface area contributed by atoms with Crippen LogP contribution in [0.1, 0.15) is 194 Å². The number of carbonyl (C=O) groups is 1. The van der Waals surface area contributed by atoms with Gasteiger partial charge in [-0.1, -0.05) is 213 Å². The van der Waals surface area contributed by atoms with Crippen LogP contribution in [-0.2, 0) is 14.3 Å². The first-order valence-electron chi connectivity index (χ1n) is 26.6. The molecule has 1 rings (SSSR count). The zero-order chi connectivity index (χ0) is 48.7. The number of carbonyl (C=O) groups excluding carboxylic acids is 1. The van der Waals surface area contributed by atoms with Gasteiger partial charge in [-0.05, 0) is 83.5 Å². The number of aliphatic hydroxyl groups is 5. The highest BCUT2D eigenvalue weighted by molar-refractivity contribution is 5.76. The van der Waals surface area contributed by atoms with Crippen LogP contribution in [0.3, 0.4) is 0 Å². The molecule has 1 aliphatic rings. The molecule has 0 aromatic rings. The molecule has 1 saturated heterocycles. The molecule has 1 amide bonds. The molecule has 67 heavy (non-hydrogen) atoms. The Kier molecular flexibility index (Phi) is 43.0. The number of allylic oxidation sites excluding steroid dienone is 18. The van der Waals surface area contributed by atoms with Gasteiger partial charge in [0.1, 0.15) is 24.4 Å². The normalized spacial score (nSPS) is 20.6. The van der Waals surface area contributed by atoms with Gasteiger partial charge in [0.15, 0.2) is 6.29 Å². The van der Waals surface area contributed by atoms with Gasteiger partial charge < -0.3 is 40.3 Å². The molecule has 382 valence electrons. The van der Waals surface area contributed by atoms with E-state index in [1.54, 1.807) is 0 Å². The molecular weight excluding hydrogens is 839 g/mol. The maximum absolute atomic E-state index is 13.0. The van der Waals surface area contributed by atoms with Gasteiger partial charge in [0.25, 0.3) is 0 Å². The molecule has 1 heterocycles. The van der Waals surface area contributed by atoms with Crippen LogP contribution in [0, 0.1) is 0 Å². The van der Waals surface area contributed by atoms with Gasteiger partial charge in [0.05, 0.1) is 25.4 Å². The number of rotatable bonds is 43. The quantitative estimate of drug-likeness (QED) is 0.0261. The molecule has 9 nitrogen and oxygen atoms in total. The second-order valence-electron chi connectivity index (χ2n) is 17.9. The van der Waals surface area contributed by atoms with Crippen LogP contribution in [0.15, 0.2) is 109 Å². The average molecular weight is 936 g/mol. The lowest BCUT2D eigenvalue weighted by atomic mass is 9.99. The summed E-state index contributed by atoms with van der Waals surface area (Å²) in [5.41, 5.74) is 0. The zero-order valence-corrected chi connectivity index (χ0v) is 42.1. The van der Waals surface area contributed by atoms with E-state index in [0.717, 1.165) is 103 Å². The number of hydrogen-bond donors (Lipinski definition) is 6. The van der Waals surface area contributed by atoms with E-state index in [2.05, 4.69) is 129 Å². The van der Waals surface area contributed by atoms with E-state index in [9.17, 15) is 30.3 Å². The number of aliphatic hydroxyl groups excluding tert-OH is 5. The summed E-state index contributed by atoms with van der Waals surface area (Å²) < 4.78 is 11.3. The second kappa shape index (κ2) is 46.6. The van der Waals surface area contributed by atoms with E-state index in [0.29, 0.717) is 12.8 Å². The summed E-state index contributed by atoms with van der Waals surface area (Å²) in [6, 6.07) is -0.744. The fraction of sp³-hybridized carbons (Fsp3) is 0.672. The summed E-state index contributed by atoms with van der Waals surface area (Å²) in [5.74, 6) is -0.182. The third-order valence-electron chi connectivity index (χ3n) is 11.9. The Morgan fingerprint density at radius 2 is 0.925 bits per heavy atom. The van der Waals surface area contributed by atoms with E-state index in [-0.39, 0.29) is 12.5 Å². The highest BCUT2D eigenvalue weighted by Crippen LogP contribution is 2.23. The van der Waals surface area contributed by atoms with Crippen molar-refractivity contribution in [1.29, 1.82) is 0 Å². The first kappa shape index (κ1) is 61.9. The van der Waals surface area contributed by atoms with E-state index < -0.39 is 49.5 Å². The molecule has 0 aliphatic carbocycles. The summed E-state index contributed by atoms with van der Waals surface area (Å²) in [4.78, 5) is 13.0. The first-order chi connectivity index (χ1) is 32.8. The molecule has 6 N–H and O–H groups in total. The monoisotopic (exact) mass is 936 g/mol. The lowest BCUT2D eigenvalue weighted by Gasteiger charge is -2.40. The van der Waals surface area contributed by atoms with Crippen molar-refractivity contribution < 1.29 is 39.8 Å². The standard InChI is InChI=1S/C58H97NO8/c1-3-5-7-9-11-13-15-17-18-19-20-21-22-23-24-25-26-27-28-29-30-31-32-33-34-36-38-40-42-44-46-48-54(62)59-51(50-66-58-57(65)56(64)55(63)53(49-60)67-58)52(61)47-45-43-41-39-37-35-16-14-12-10-8-6-4-2/h5,7,11,13,17-18,20-21,23-24,26-27,29-30,32-33,36,38,51-53,55-58,60-61,63-65H,3-4,6,8-10,12,14-16,19,22,25,28,31,34-35,37,39-50H2,1-2H3,(H,59,62)/b7-5-,13-11-,18-17-,21-20-,24-23-,27-26-,30-29-,33-32-,38-36-. The van der Waals surface area contributed by atoms with Crippen molar-refractivity contribution in [2.75, 3.05) is 13.2 Å². The van der Waals surface area contributed by atoms with Crippen LogP contribution in [0.4, 0.5) is 0 Å². The van der Waals surface area contributed by atoms with E-state index >= 15 is 0 Å². The molecular formula is C58H97NO8. The SMILES string of the molecule is CC/C=C\C/C=C\C/C=C\C/C=C\C/C=C\C/C=C\C/C=C\C/C=C\C/C=C\CCCCCC(=O)NC(COC1OC(CO)C(O)C(O)C1O)C(O)CCCCCCCCCCCCCCC. The molecule has 0 saturated carbocycles. The minimum Gasteiger partial charge on any atom is -0.394 e. The minimum atomic E-state index is -1.57. The Morgan fingerprint density at radius 3 is 1.36 bits per heavy atom. The van der Waals surface area contributed by atoms with Crippen molar-refractivity contribution in [3.05, 3.63) is 109 Å². The topological polar surface area (TPSA) is 149 Å². The van der Waals surface area contributed by atoms with Crippen LogP contribution in [0.5, 0.6) is 0 Å². The van der Waals surface area contributed by atoms with Crippen LogP contribution in [0.25, 0.3) is 0 Å². The predicted octanol–water partition coefficient (Wildman–Crippen LogP) is 12.6. The molecule has 0 aromatic carbocycles. The fourth-order valence-corrected chi connectivity index (χ4v) is 7.68. The summed E-state index contributed by atoms with van der Waals surface area (Å²) in [6.45, 7) is 3.68. The smallest absolute Gasteiger partial charge is 0.220 e. The van der Waals surface area contributed by atoms with E-state index in [1.165, 1.54) is 64.2 Å². The molecule has 1 aliphatic heterocycles. The zero-order valence-electron chi connectivity index (χ0n) is 42.1. The van der Waals surface area contributed by atoms with Crippen molar-refractivity contribution in [3.8, 4) is 0 Å². The van der Waals surface area contributed by atoms with Crippen molar-refractivity contribution in [2.24, 2.45) is 0 Å². The molecule has 0 radical (unpaired) electrons. The van der Waals surface area contributed by atoms with Crippen LogP contribution >= 0.6 is 0 Å². The van der Waals surface area contributed by atoms with Gasteiger partial charge in [0, 0.05) is 6.42 Å². The lowest BCUT2D eigenvalue weighted by Crippen LogP contribution is -2.60. The molecule has 0 aromatic heterocycles. The fourth-order valence-electron chi connectivity index (χ4n) is 7.68. The van der Waals surface area contributed by atoms with Crippen molar-refractivity contribution in [1.82, 2.24) is 5.32 Å². The van der Waals surface area contributed by atoms with E-state index in [1.807, 2.05) is 0 Å². The number of hydrogen-bond acceptors (Lipinski definition) is 8. The Hall–Kier alpha value is -3.15. The number of nitrogens with one attached hydrogen (secondary N) is 1. The van der Waals surface area contributed by atoms with Gasteiger partial charge >= 0.3 is 0 Å². The summed E-state index contributed by atoms with van der Waals surface area (Å²) in [7, 11) is 0. The van der Waals surface area contributed by atoms with Gasteiger partial charge in [0.2, 0.25) is 5.91 Å². The Bertz CT molecular complexity index is 1410. The second-order valence-corrected chi connectivity index (χ2v) is 17.9. The largest absolute Gasteiger partial charge is 0.394 e. The summed E-state index contributed by atoms with van der Waals surface area (Å²) in [5, 5.41) is 54.4. The van der Waals surface area contributed by atoms with Gasteiger partial charge in [-0.2, -0.15) is 0 Å². The maximum atomic E-state index is 13.0. The van der Waals surface area contributed by atoms with Gasteiger partial charge in [-0.15, -0.1) is 0 Å². The average Bonchev–Trinajstić information content (AvgIpc) is 3.33. The third-order valence-corrected chi connectivity index (χ3v) is 11.9. The first-order valence-corrected chi connectivity index (χ1v) is 26.6. The minimum absolute atomic E-state index is 0.159. The van der Waals surface area contributed by atoms with Crippen LogP contribution < -0.4 is 5.32 Å². The Labute approximate surface area is 408 Å². The Balaban J connectivity index is 2.27. The molecule has 1 fully saturated rings. The van der Waals surface area contributed by atoms with Crippen molar-refractivity contribution >= 4 is 5.91 Å². The molecule has 7 atom stereocenters. The maximum Gasteiger partial charge on any atom is 0.220 e. The lowest BCUT2D eigenvalue weighted by molar-refractivity contribution is -0.302. The van der Waals surface area contributed by atoms with Gasteiger partial charge in [-0.3, -0.25) is 4.79 Å². The van der Waals surface area contributed by atoms with Gasteiger partial charge in [-0.25, -0.2) is 0 Å². The number of amides is 1. The third kappa shape index (κ3) is 36.5. The van der Waals surface area contributed by atoms with E-state index in [4.69, 9.17) is 9.47 Å². The summed E-state index contributed by atoms with van der Waals surface area (Å²) in [6.07, 6.45) is 61.0.